The van der Waals surface area contributed by atoms with Gasteiger partial charge in [0.05, 0.1) is 19.9 Å². The minimum Gasteiger partial charge on any atom is -0.495 e. The SMILES string of the molecule is CN=C(NCc1ccc(NC(=O)OC)cc1)N1CCN(c2ccccc2OC)CC1.I. The molecule has 1 aliphatic rings. The van der Waals surface area contributed by atoms with Crippen LogP contribution in [0.4, 0.5) is 16.2 Å². The Morgan fingerprint density at radius 2 is 1.71 bits per heavy atom. The Bertz CT molecular complexity index is 868. The number of anilines is 2. The number of carbonyl (C=O) groups excluding carboxylic acids is 1. The van der Waals surface area contributed by atoms with Gasteiger partial charge in [-0.15, -0.1) is 24.0 Å². The summed E-state index contributed by atoms with van der Waals surface area (Å²) in [7, 11) is 4.85. The molecule has 1 saturated heterocycles. The quantitative estimate of drug-likeness (QED) is 0.345. The summed E-state index contributed by atoms with van der Waals surface area (Å²) in [5, 5.41) is 6.07. The molecule has 0 aliphatic carbocycles. The van der Waals surface area contributed by atoms with Crippen molar-refractivity contribution in [3.63, 3.8) is 0 Å². The fraction of sp³-hybridized carbons (Fsp3) is 0.364. The number of benzene rings is 2. The van der Waals surface area contributed by atoms with E-state index in [2.05, 4.69) is 36.2 Å². The number of guanidine groups is 1. The molecule has 2 aromatic carbocycles. The Morgan fingerprint density at radius 1 is 1.03 bits per heavy atom. The normalized spacial score (nSPS) is 13.8. The Kier molecular flexibility index (Phi) is 9.70. The summed E-state index contributed by atoms with van der Waals surface area (Å²) in [6.45, 7) is 4.20. The van der Waals surface area contributed by atoms with Crippen LogP contribution in [-0.2, 0) is 11.3 Å². The summed E-state index contributed by atoms with van der Waals surface area (Å²) in [6, 6.07) is 15.7. The van der Waals surface area contributed by atoms with E-state index >= 15 is 0 Å². The maximum absolute atomic E-state index is 11.3. The van der Waals surface area contributed by atoms with Crippen LogP contribution in [0.2, 0.25) is 0 Å². The summed E-state index contributed by atoms with van der Waals surface area (Å²) in [4.78, 5) is 20.3. The first-order valence-electron chi connectivity index (χ1n) is 9.92. The zero-order valence-corrected chi connectivity index (χ0v) is 20.5. The third-order valence-corrected chi connectivity index (χ3v) is 5.05. The molecule has 9 heteroatoms. The van der Waals surface area contributed by atoms with Crippen LogP contribution in [0.3, 0.4) is 0 Å². The second-order valence-electron chi connectivity index (χ2n) is 6.86. The average molecular weight is 539 g/mol. The molecule has 0 radical (unpaired) electrons. The molecule has 168 valence electrons. The number of para-hydroxylation sites is 2. The van der Waals surface area contributed by atoms with Gasteiger partial charge in [0.15, 0.2) is 5.96 Å². The molecule has 1 fully saturated rings. The number of halogens is 1. The summed E-state index contributed by atoms with van der Waals surface area (Å²) >= 11 is 0. The van der Waals surface area contributed by atoms with Crippen LogP contribution in [0.1, 0.15) is 5.56 Å². The Labute approximate surface area is 200 Å². The number of nitrogens with zero attached hydrogens (tertiary/aromatic N) is 3. The third kappa shape index (κ3) is 6.65. The van der Waals surface area contributed by atoms with Crippen molar-refractivity contribution in [2.75, 3.05) is 57.7 Å². The lowest BCUT2D eigenvalue weighted by Crippen LogP contribution is -2.52. The van der Waals surface area contributed by atoms with Gasteiger partial charge in [0, 0.05) is 45.5 Å². The molecule has 0 bridgehead atoms. The van der Waals surface area contributed by atoms with Gasteiger partial charge in [-0.1, -0.05) is 24.3 Å². The van der Waals surface area contributed by atoms with E-state index < -0.39 is 6.09 Å². The predicted molar refractivity (Wildman–Crippen MR) is 135 cm³/mol. The monoisotopic (exact) mass is 539 g/mol. The topological polar surface area (TPSA) is 78.4 Å². The molecule has 2 aromatic rings. The summed E-state index contributed by atoms with van der Waals surface area (Å²) < 4.78 is 10.1. The van der Waals surface area contributed by atoms with Gasteiger partial charge in [-0.05, 0) is 29.8 Å². The fourth-order valence-corrected chi connectivity index (χ4v) is 3.44. The molecule has 31 heavy (non-hydrogen) atoms. The molecule has 8 nitrogen and oxygen atoms in total. The van der Waals surface area contributed by atoms with E-state index in [1.807, 2.05) is 42.5 Å². The highest BCUT2D eigenvalue weighted by Crippen LogP contribution is 2.28. The lowest BCUT2D eigenvalue weighted by atomic mass is 10.2. The molecule has 0 atom stereocenters. The maximum Gasteiger partial charge on any atom is 0.411 e. The van der Waals surface area contributed by atoms with Crippen molar-refractivity contribution in [2.45, 2.75) is 6.54 Å². The highest BCUT2D eigenvalue weighted by atomic mass is 127. The van der Waals surface area contributed by atoms with Crippen molar-refractivity contribution in [2.24, 2.45) is 4.99 Å². The Balaban J connectivity index is 0.00000341. The number of rotatable bonds is 5. The van der Waals surface area contributed by atoms with Crippen LogP contribution >= 0.6 is 24.0 Å². The lowest BCUT2D eigenvalue weighted by molar-refractivity contribution is 0.187. The van der Waals surface area contributed by atoms with E-state index in [1.165, 1.54) is 7.11 Å². The van der Waals surface area contributed by atoms with E-state index in [0.29, 0.717) is 12.2 Å². The van der Waals surface area contributed by atoms with Crippen LogP contribution in [-0.4, -0.2) is 64.4 Å². The number of nitrogens with one attached hydrogen (secondary N) is 2. The highest BCUT2D eigenvalue weighted by Gasteiger charge is 2.21. The van der Waals surface area contributed by atoms with Gasteiger partial charge in [0.25, 0.3) is 0 Å². The van der Waals surface area contributed by atoms with Gasteiger partial charge in [-0.3, -0.25) is 10.3 Å². The Hall–Kier alpha value is -2.69. The van der Waals surface area contributed by atoms with Gasteiger partial charge in [-0.25, -0.2) is 4.79 Å². The van der Waals surface area contributed by atoms with E-state index in [-0.39, 0.29) is 24.0 Å². The number of hydrogen-bond acceptors (Lipinski definition) is 5. The number of hydrogen-bond donors (Lipinski definition) is 2. The van der Waals surface area contributed by atoms with Gasteiger partial charge >= 0.3 is 6.09 Å². The van der Waals surface area contributed by atoms with Crippen LogP contribution in [0.25, 0.3) is 0 Å². The van der Waals surface area contributed by atoms with Gasteiger partial charge in [0.2, 0.25) is 0 Å². The first kappa shape index (κ1) is 24.6. The van der Waals surface area contributed by atoms with Crippen molar-refractivity contribution in [1.82, 2.24) is 10.2 Å². The summed E-state index contributed by atoms with van der Waals surface area (Å²) in [5.74, 6) is 1.78. The van der Waals surface area contributed by atoms with E-state index in [4.69, 9.17) is 4.74 Å². The van der Waals surface area contributed by atoms with Crippen LogP contribution in [0, 0.1) is 0 Å². The van der Waals surface area contributed by atoms with Gasteiger partial charge < -0.3 is 24.6 Å². The summed E-state index contributed by atoms with van der Waals surface area (Å²) in [5.41, 5.74) is 2.92. The molecule has 2 N–H and O–H groups in total. The van der Waals surface area contributed by atoms with Crippen LogP contribution in [0.5, 0.6) is 5.75 Å². The van der Waals surface area contributed by atoms with Gasteiger partial charge in [0.1, 0.15) is 5.75 Å². The number of aliphatic imine (C=N–C) groups is 1. The molecule has 1 amide bonds. The number of carbonyl (C=O) groups is 1. The molecular weight excluding hydrogens is 509 g/mol. The second-order valence-corrected chi connectivity index (χ2v) is 6.86. The lowest BCUT2D eigenvalue weighted by Gasteiger charge is -2.38. The average Bonchev–Trinajstić information content (AvgIpc) is 2.80. The van der Waals surface area contributed by atoms with Crippen molar-refractivity contribution < 1.29 is 14.3 Å². The van der Waals surface area contributed by atoms with E-state index in [9.17, 15) is 4.79 Å². The molecule has 0 spiro atoms. The van der Waals surface area contributed by atoms with Crippen molar-refractivity contribution in [3.8, 4) is 5.75 Å². The standard InChI is InChI=1S/C22H29N5O3.HI/c1-23-21(24-16-17-8-10-18(11-9-17)25-22(28)30-3)27-14-12-26(13-15-27)19-6-4-5-7-20(19)29-2;/h4-11H,12-16H2,1-3H3,(H,23,24)(H,25,28);1H. The largest absolute Gasteiger partial charge is 0.495 e. The second kappa shape index (κ2) is 12.2. The zero-order chi connectivity index (χ0) is 21.3. The molecular formula is C22H30IN5O3. The summed E-state index contributed by atoms with van der Waals surface area (Å²) in [6.07, 6.45) is -0.478. The number of ether oxygens (including phenoxy) is 2. The number of methoxy groups -OCH3 is 2. The van der Waals surface area contributed by atoms with Crippen molar-refractivity contribution in [3.05, 3.63) is 54.1 Å². The first-order chi connectivity index (χ1) is 14.6. The first-order valence-corrected chi connectivity index (χ1v) is 9.92. The molecule has 0 saturated carbocycles. The molecule has 1 heterocycles. The van der Waals surface area contributed by atoms with Crippen molar-refractivity contribution in [1.29, 1.82) is 0 Å². The minimum absolute atomic E-state index is 0. The molecule has 0 unspecified atom stereocenters. The van der Waals surface area contributed by atoms with Crippen molar-refractivity contribution >= 4 is 47.4 Å². The smallest absolute Gasteiger partial charge is 0.411 e. The Morgan fingerprint density at radius 3 is 2.32 bits per heavy atom. The zero-order valence-electron chi connectivity index (χ0n) is 18.1. The molecule has 0 aromatic heterocycles. The third-order valence-electron chi connectivity index (χ3n) is 5.05. The fourth-order valence-electron chi connectivity index (χ4n) is 3.44. The van der Waals surface area contributed by atoms with Crippen LogP contribution < -0.4 is 20.3 Å². The predicted octanol–water partition coefficient (Wildman–Crippen LogP) is 3.39. The van der Waals surface area contributed by atoms with E-state index in [1.54, 1.807) is 14.2 Å². The number of piperazine rings is 1. The molecule has 1 aliphatic heterocycles. The van der Waals surface area contributed by atoms with Crippen LogP contribution in [0.15, 0.2) is 53.5 Å². The maximum atomic E-state index is 11.3. The van der Waals surface area contributed by atoms with E-state index in [0.717, 1.165) is 49.1 Å². The minimum atomic E-state index is -0.478. The van der Waals surface area contributed by atoms with Gasteiger partial charge in [-0.2, -0.15) is 0 Å². The molecule has 3 rings (SSSR count). The highest BCUT2D eigenvalue weighted by molar-refractivity contribution is 14.0. The number of amides is 1.